The number of aromatic hydroxyl groups is 1. The minimum Gasteiger partial charge on any atom is -0.507 e. The molecule has 0 aliphatic heterocycles. The van der Waals surface area contributed by atoms with E-state index in [1.54, 1.807) is 24.5 Å². The number of phenols is 1. The Bertz CT molecular complexity index is 831. The second-order valence-corrected chi connectivity index (χ2v) is 6.11. The summed E-state index contributed by atoms with van der Waals surface area (Å²) in [4.78, 5) is 11.1. The average Bonchev–Trinajstić information content (AvgIpc) is 3.09. The molecule has 0 bridgehead atoms. The van der Waals surface area contributed by atoms with Gasteiger partial charge in [0.2, 0.25) is 0 Å². The van der Waals surface area contributed by atoms with E-state index >= 15 is 0 Å². The van der Waals surface area contributed by atoms with Crippen molar-refractivity contribution in [3.05, 3.63) is 60.2 Å². The molecule has 1 atom stereocenters. The van der Waals surface area contributed by atoms with Gasteiger partial charge in [0.15, 0.2) is 5.82 Å². The van der Waals surface area contributed by atoms with Crippen molar-refractivity contribution < 1.29 is 9.52 Å². The van der Waals surface area contributed by atoms with Gasteiger partial charge in [0.05, 0.1) is 17.9 Å². The number of para-hydroxylation sites is 1. The van der Waals surface area contributed by atoms with Gasteiger partial charge in [0, 0.05) is 18.3 Å². The van der Waals surface area contributed by atoms with Crippen molar-refractivity contribution in [2.45, 2.75) is 13.0 Å². The molecule has 0 fully saturated rings. The number of phenolic OH excluding ortho intramolecular Hbond substituents is 1. The number of rotatable bonds is 6. The van der Waals surface area contributed by atoms with E-state index in [-0.39, 0.29) is 11.8 Å². The second kappa shape index (κ2) is 7.36. The molecule has 3 aromatic rings. The lowest BCUT2D eigenvalue weighted by molar-refractivity contribution is 0.269. The van der Waals surface area contributed by atoms with Crippen LogP contribution in [0.3, 0.4) is 0 Å². The fourth-order valence-corrected chi connectivity index (χ4v) is 2.66. The fraction of sp³-hybridized carbons (Fsp3) is 0.263. The van der Waals surface area contributed by atoms with Crippen molar-refractivity contribution in [3.8, 4) is 17.1 Å². The molecule has 6 heteroatoms. The van der Waals surface area contributed by atoms with Gasteiger partial charge in [-0.25, -0.2) is 9.97 Å². The molecule has 0 saturated carbocycles. The molecule has 0 amide bonds. The first-order valence-corrected chi connectivity index (χ1v) is 8.12. The first-order valence-electron chi connectivity index (χ1n) is 8.12. The molecule has 3 rings (SSSR count). The normalized spacial score (nSPS) is 12.3. The number of hydrogen-bond donors (Lipinski definition) is 2. The smallest absolute Gasteiger partial charge is 0.165 e. The summed E-state index contributed by atoms with van der Waals surface area (Å²) < 4.78 is 5.53. The van der Waals surface area contributed by atoms with Gasteiger partial charge in [-0.2, -0.15) is 0 Å². The molecule has 2 heterocycles. The molecule has 0 aliphatic carbocycles. The topological polar surface area (TPSA) is 74.4 Å². The molecular formula is C19H22N4O2. The molecule has 0 saturated heterocycles. The van der Waals surface area contributed by atoms with Gasteiger partial charge < -0.3 is 14.8 Å². The number of nitrogens with one attached hydrogen (secondary N) is 1. The Hall–Kier alpha value is -2.86. The van der Waals surface area contributed by atoms with E-state index in [2.05, 4.69) is 20.2 Å². The van der Waals surface area contributed by atoms with Crippen molar-refractivity contribution >= 4 is 5.82 Å². The minimum absolute atomic E-state index is 0.0823. The number of likely N-dealkylation sites (N-methyl/N-ethyl adjacent to an activating group) is 1. The quantitative estimate of drug-likeness (QED) is 0.717. The van der Waals surface area contributed by atoms with Crippen LogP contribution in [0.15, 0.2) is 53.1 Å². The SMILES string of the molecule is Cc1cc(NCC(c2ccco2)N(C)C)nc(-c2ccccc2O)n1. The van der Waals surface area contributed by atoms with Crippen LogP contribution in [0.4, 0.5) is 5.82 Å². The summed E-state index contributed by atoms with van der Waals surface area (Å²) in [5.74, 6) is 2.27. The van der Waals surface area contributed by atoms with Gasteiger partial charge in [-0.1, -0.05) is 12.1 Å². The van der Waals surface area contributed by atoms with Crippen LogP contribution in [0.2, 0.25) is 0 Å². The largest absolute Gasteiger partial charge is 0.507 e. The Morgan fingerprint density at radius 2 is 1.96 bits per heavy atom. The summed E-state index contributed by atoms with van der Waals surface area (Å²) in [6.45, 7) is 2.55. The molecule has 1 unspecified atom stereocenters. The predicted molar refractivity (Wildman–Crippen MR) is 97.5 cm³/mol. The Morgan fingerprint density at radius 1 is 1.16 bits per heavy atom. The second-order valence-electron chi connectivity index (χ2n) is 6.11. The van der Waals surface area contributed by atoms with Crippen LogP contribution in [0.1, 0.15) is 17.5 Å². The van der Waals surface area contributed by atoms with E-state index in [4.69, 9.17) is 4.42 Å². The van der Waals surface area contributed by atoms with Crippen molar-refractivity contribution in [1.82, 2.24) is 14.9 Å². The lowest BCUT2D eigenvalue weighted by atomic mass is 10.2. The molecular weight excluding hydrogens is 316 g/mol. The summed E-state index contributed by atoms with van der Waals surface area (Å²) >= 11 is 0. The molecule has 2 N–H and O–H groups in total. The Balaban J connectivity index is 1.82. The minimum atomic E-state index is 0.0823. The van der Waals surface area contributed by atoms with E-state index in [0.717, 1.165) is 11.5 Å². The zero-order chi connectivity index (χ0) is 17.8. The zero-order valence-electron chi connectivity index (χ0n) is 14.6. The summed E-state index contributed by atoms with van der Waals surface area (Å²) in [6.07, 6.45) is 1.68. The van der Waals surface area contributed by atoms with E-state index in [9.17, 15) is 5.11 Å². The first kappa shape index (κ1) is 17.0. The van der Waals surface area contributed by atoms with Gasteiger partial charge in [0.25, 0.3) is 0 Å². The van der Waals surface area contributed by atoms with Crippen molar-refractivity contribution in [3.63, 3.8) is 0 Å². The number of aromatic nitrogens is 2. The van der Waals surface area contributed by atoms with Gasteiger partial charge in [-0.15, -0.1) is 0 Å². The number of anilines is 1. The summed E-state index contributed by atoms with van der Waals surface area (Å²) in [5.41, 5.74) is 1.44. The van der Waals surface area contributed by atoms with Crippen LogP contribution < -0.4 is 5.32 Å². The lowest BCUT2D eigenvalue weighted by Gasteiger charge is -2.23. The zero-order valence-corrected chi connectivity index (χ0v) is 14.6. The van der Waals surface area contributed by atoms with Crippen LogP contribution >= 0.6 is 0 Å². The van der Waals surface area contributed by atoms with Crippen LogP contribution in [0.25, 0.3) is 11.4 Å². The Labute approximate surface area is 147 Å². The number of hydrogen-bond acceptors (Lipinski definition) is 6. The van der Waals surface area contributed by atoms with Gasteiger partial charge in [-0.05, 0) is 45.3 Å². The van der Waals surface area contributed by atoms with E-state index in [0.29, 0.717) is 23.8 Å². The monoisotopic (exact) mass is 338 g/mol. The maximum Gasteiger partial charge on any atom is 0.165 e. The number of nitrogens with zero attached hydrogens (tertiary/aromatic N) is 3. The number of benzene rings is 1. The highest BCUT2D eigenvalue weighted by Crippen LogP contribution is 2.27. The van der Waals surface area contributed by atoms with E-state index in [1.165, 1.54) is 0 Å². The molecule has 6 nitrogen and oxygen atoms in total. The van der Waals surface area contributed by atoms with E-state index < -0.39 is 0 Å². The third-order valence-electron chi connectivity index (χ3n) is 3.97. The fourth-order valence-electron chi connectivity index (χ4n) is 2.66. The summed E-state index contributed by atoms with van der Waals surface area (Å²) in [5, 5.41) is 13.4. The first-order chi connectivity index (χ1) is 12.0. The standard InChI is InChI=1S/C19H22N4O2/c1-13-11-18(20-12-15(23(2)3)17-9-6-10-25-17)22-19(21-13)14-7-4-5-8-16(14)24/h4-11,15,24H,12H2,1-3H3,(H,20,21,22). The van der Waals surface area contributed by atoms with Crippen molar-refractivity contribution in [1.29, 1.82) is 0 Å². The molecule has 2 aromatic heterocycles. The Kier molecular flexibility index (Phi) is 5.00. The molecule has 130 valence electrons. The number of furan rings is 1. The summed E-state index contributed by atoms with van der Waals surface area (Å²) in [7, 11) is 4.01. The maximum atomic E-state index is 10.0. The van der Waals surface area contributed by atoms with Crippen molar-refractivity contribution in [2.75, 3.05) is 26.0 Å². The highest BCUT2D eigenvalue weighted by Gasteiger charge is 2.17. The maximum absolute atomic E-state index is 10.0. The van der Waals surface area contributed by atoms with Crippen LogP contribution in [-0.2, 0) is 0 Å². The van der Waals surface area contributed by atoms with Gasteiger partial charge in [-0.3, -0.25) is 4.90 Å². The van der Waals surface area contributed by atoms with Crippen LogP contribution in [-0.4, -0.2) is 40.6 Å². The highest BCUT2D eigenvalue weighted by molar-refractivity contribution is 5.64. The molecule has 25 heavy (non-hydrogen) atoms. The van der Waals surface area contributed by atoms with E-state index in [1.807, 2.05) is 45.3 Å². The van der Waals surface area contributed by atoms with Gasteiger partial charge >= 0.3 is 0 Å². The van der Waals surface area contributed by atoms with Crippen LogP contribution in [0, 0.1) is 6.92 Å². The molecule has 1 aromatic carbocycles. The summed E-state index contributed by atoms with van der Waals surface area (Å²) in [6, 6.07) is 12.9. The average molecular weight is 338 g/mol. The lowest BCUT2D eigenvalue weighted by Crippen LogP contribution is -2.26. The molecule has 0 aliphatic rings. The van der Waals surface area contributed by atoms with Gasteiger partial charge in [0.1, 0.15) is 17.3 Å². The highest BCUT2D eigenvalue weighted by atomic mass is 16.3. The molecule has 0 spiro atoms. The Morgan fingerprint density at radius 3 is 2.64 bits per heavy atom. The molecule has 0 radical (unpaired) electrons. The van der Waals surface area contributed by atoms with Crippen molar-refractivity contribution in [2.24, 2.45) is 0 Å². The predicted octanol–water partition coefficient (Wildman–Crippen LogP) is 3.47. The number of aryl methyl sites for hydroxylation is 1. The van der Waals surface area contributed by atoms with Crippen LogP contribution in [0.5, 0.6) is 5.75 Å². The third-order valence-corrected chi connectivity index (χ3v) is 3.97. The third kappa shape index (κ3) is 3.97.